The molecule has 0 amide bonds. The molecule has 5 nitrogen and oxygen atoms in total. The lowest BCUT2D eigenvalue weighted by Gasteiger charge is -2.13. The van der Waals surface area contributed by atoms with Crippen LogP contribution in [0.25, 0.3) is 10.9 Å². The Bertz CT molecular complexity index is 889. The molecule has 1 atom stereocenters. The molecule has 0 aliphatic rings. The van der Waals surface area contributed by atoms with Crippen molar-refractivity contribution in [1.82, 2.24) is 15.6 Å². The smallest absolute Gasteiger partial charge is 0.191 e. The molecule has 4 N–H and O–H groups in total. The summed E-state index contributed by atoms with van der Waals surface area (Å²) in [7, 11) is 0. The minimum atomic E-state index is -0.661. The van der Waals surface area contributed by atoms with Crippen LogP contribution < -0.4 is 10.6 Å². The molecule has 0 saturated carbocycles. The molecule has 0 aliphatic carbocycles. The zero-order chi connectivity index (χ0) is 19.1. The Morgan fingerprint density at radius 2 is 1.93 bits per heavy atom. The summed E-state index contributed by atoms with van der Waals surface area (Å²) in [6.07, 6.45) is 2.28. The van der Waals surface area contributed by atoms with Crippen molar-refractivity contribution in [3.05, 3.63) is 70.9 Å². The van der Waals surface area contributed by atoms with Gasteiger partial charge in [0.1, 0.15) is 0 Å². The Kier molecular flexibility index (Phi) is 6.74. The number of fused-ring (bicyclic) bond motifs is 1. The second kappa shape index (κ2) is 9.44. The zero-order valence-electron chi connectivity index (χ0n) is 15.4. The molecule has 3 aromatic rings. The van der Waals surface area contributed by atoms with Gasteiger partial charge >= 0.3 is 0 Å². The summed E-state index contributed by atoms with van der Waals surface area (Å²) in [5, 5.41) is 18.8. The van der Waals surface area contributed by atoms with Crippen molar-refractivity contribution in [2.45, 2.75) is 19.4 Å². The van der Waals surface area contributed by atoms with Crippen LogP contribution in [0.4, 0.5) is 0 Å². The molecule has 0 radical (unpaired) electrons. The lowest BCUT2D eigenvalue weighted by atomic mass is 10.1. The Morgan fingerprint density at radius 3 is 2.70 bits per heavy atom. The van der Waals surface area contributed by atoms with E-state index in [4.69, 9.17) is 11.6 Å². The van der Waals surface area contributed by atoms with Gasteiger partial charge in [0.2, 0.25) is 0 Å². The van der Waals surface area contributed by atoms with Gasteiger partial charge in [0, 0.05) is 35.2 Å². The molecular weight excluding hydrogens is 360 g/mol. The van der Waals surface area contributed by atoms with Gasteiger partial charge < -0.3 is 20.7 Å². The summed E-state index contributed by atoms with van der Waals surface area (Å²) in [6.45, 7) is 3.82. The van der Waals surface area contributed by atoms with Crippen molar-refractivity contribution in [3.63, 3.8) is 0 Å². The van der Waals surface area contributed by atoms with Crippen LogP contribution in [0.2, 0.25) is 5.02 Å². The molecule has 142 valence electrons. The number of aromatic nitrogens is 1. The maximum Gasteiger partial charge on any atom is 0.191 e. The molecule has 1 heterocycles. The van der Waals surface area contributed by atoms with Crippen molar-refractivity contribution in [2.24, 2.45) is 4.99 Å². The van der Waals surface area contributed by atoms with E-state index < -0.39 is 6.10 Å². The van der Waals surface area contributed by atoms with Crippen molar-refractivity contribution in [2.75, 3.05) is 19.6 Å². The molecular formula is C21H25ClN4O. The fraction of sp³-hybridized carbons (Fsp3) is 0.286. The number of halogens is 1. The number of aliphatic hydroxyl groups excluding tert-OH is 1. The first-order chi connectivity index (χ1) is 13.2. The Labute approximate surface area is 164 Å². The third-order valence-corrected chi connectivity index (χ3v) is 4.64. The topological polar surface area (TPSA) is 72.4 Å². The van der Waals surface area contributed by atoms with Crippen molar-refractivity contribution < 1.29 is 5.11 Å². The summed E-state index contributed by atoms with van der Waals surface area (Å²) < 4.78 is 0. The van der Waals surface area contributed by atoms with Gasteiger partial charge in [0.05, 0.1) is 12.6 Å². The van der Waals surface area contributed by atoms with Gasteiger partial charge in [-0.2, -0.15) is 0 Å². The normalized spacial score (nSPS) is 12.9. The third-order valence-electron chi connectivity index (χ3n) is 4.38. The number of para-hydroxylation sites is 1. The highest BCUT2D eigenvalue weighted by atomic mass is 35.5. The number of hydrogen-bond acceptors (Lipinski definition) is 2. The van der Waals surface area contributed by atoms with E-state index in [0.717, 1.165) is 30.6 Å². The van der Waals surface area contributed by atoms with Crippen molar-refractivity contribution in [3.8, 4) is 0 Å². The van der Waals surface area contributed by atoms with Crippen LogP contribution in [-0.4, -0.2) is 35.7 Å². The molecule has 0 aliphatic heterocycles. The quantitative estimate of drug-likeness (QED) is 0.371. The standard InChI is InChI=1S/C21H25ClN4O/c1-2-23-21(26-14-20(27)15-7-9-17(22)10-8-15)24-12-11-16-13-25-19-6-4-3-5-18(16)19/h3-10,13,20,25,27H,2,11-12,14H2,1H3,(H2,23,24,26). The first kappa shape index (κ1) is 19.3. The van der Waals surface area contributed by atoms with Gasteiger partial charge in [-0.1, -0.05) is 41.9 Å². The molecule has 27 heavy (non-hydrogen) atoms. The molecule has 1 unspecified atom stereocenters. The molecule has 0 saturated heterocycles. The van der Waals surface area contributed by atoms with Crippen LogP contribution in [0.5, 0.6) is 0 Å². The van der Waals surface area contributed by atoms with E-state index in [0.29, 0.717) is 11.0 Å². The maximum absolute atomic E-state index is 10.3. The number of nitrogens with zero attached hydrogens (tertiary/aromatic N) is 1. The van der Waals surface area contributed by atoms with Gasteiger partial charge in [-0.05, 0) is 42.7 Å². The lowest BCUT2D eigenvalue weighted by Crippen LogP contribution is -2.38. The van der Waals surface area contributed by atoms with Crippen LogP contribution in [-0.2, 0) is 6.42 Å². The average Bonchev–Trinajstić information content (AvgIpc) is 3.09. The average molecular weight is 385 g/mol. The summed E-state index contributed by atoms with van der Waals surface area (Å²) >= 11 is 5.89. The molecule has 6 heteroatoms. The predicted molar refractivity (Wildman–Crippen MR) is 112 cm³/mol. The van der Waals surface area contributed by atoms with Gasteiger partial charge in [0.25, 0.3) is 0 Å². The second-order valence-electron chi connectivity index (χ2n) is 6.32. The summed E-state index contributed by atoms with van der Waals surface area (Å²) in [5.74, 6) is 0.699. The number of guanidine groups is 1. The number of nitrogens with one attached hydrogen (secondary N) is 3. The Hall–Kier alpha value is -2.50. The summed E-state index contributed by atoms with van der Waals surface area (Å²) in [6, 6.07) is 15.5. The Balaban J connectivity index is 1.56. The summed E-state index contributed by atoms with van der Waals surface area (Å²) in [5.41, 5.74) is 3.23. The first-order valence-corrected chi connectivity index (χ1v) is 9.56. The minimum absolute atomic E-state index is 0.282. The van der Waals surface area contributed by atoms with Crippen LogP contribution in [0.15, 0.2) is 59.7 Å². The fourth-order valence-corrected chi connectivity index (χ4v) is 3.09. The molecule has 0 spiro atoms. The van der Waals surface area contributed by atoms with Gasteiger partial charge in [-0.3, -0.25) is 4.99 Å². The largest absolute Gasteiger partial charge is 0.386 e. The monoisotopic (exact) mass is 384 g/mol. The van der Waals surface area contributed by atoms with E-state index in [-0.39, 0.29) is 6.54 Å². The number of aliphatic hydroxyl groups is 1. The third kappa shape index (κ3) is 5.25. The SMILES string of the molecule is CCNC(=NCC(O)c1ccc(Cl)cc1)NCCc1c[nH]c2ccccc12. The van der Waals surface area contributed by atoms with E-state index in [1.807, 2.05) is 25.1 Å². The number of aromatic amines is 1. The van der Waals surface area contributed by atoms with Crippen LogP contribution in [0.1, 0.15) is 24.2 Å². The predicted octanol–water partition coefficient (Wildman–Crippen LogP) is 3.65. The molecule has 0 bridgehead atoms. The number of benzene rings is 2. The van der Waals surface area contributed by atoms with Crippen LogP contribution >= 0.6 is 11.6 Å². The fourth-order valence-electron chi connectivity index (χ4n) is 2.96. The number of aliphatic imine (C=N–C) groups is 1. The van der Waals surface area contributed by atoms with Crippen molar-refractivity contribution >= 4 is 28.5 Å². The zero-order valence-corrected chi connectivity index (χ0v) is 16.1. The van der Waals surface area contributed by atoms with E-state index in [1.54, 1.807) is 12.1 Å². The Morgan fingerprint density at radius 1 is 1.15 bits per heavy atom. The maximum atomic E-state index is 10.3. The van der Waals surface area contributed by atoms with E-state index >= 15 is 0 Å². The molecule has 2 aromatic carbocycles. The summed E-state index contributed by atoms with van der Waals surface area (Å²) in [4.78, 5) is 7.79. The van der Waals surface area contributed by atoms with E-state index in [9.17, 15) is 5.11 Å². The number of rotatable bonds is 7. The molecule has 3 rings (SSSR count). The molecule has 0 fully saturated rings. The number of hydrogen-bond donors (Lipinski definition) is 4. The minimum Gasteiger partial charge on any atom is -0.386 e. The van der Waals surface area contributed by atoms with Crippen molar-refractivity contribution in [1.29, 1.82) is 0 Å². The highest BCUT2D eigenvalue weighted by molar-refractivity contribution is 6.30. The van der Waals surface area contributed by atoms with Crippen LogP contribution in [0, 0.1) is 0 Å². The van der Waals surface area contributed by atoms with Crippen LogP contribution in [0.3, 0.4) is 0 Å². The highest BCUT2D eigenvalue weighted by Gasteiger charge is 2.08. The van der Waals surface area contributed by atoms with E-state index in [2.05, 4.69) is 45.0 Å². The van der Waals surface area contributed by atoms with Gasteiger partial charge in [-0.25, -0.2) is 0 Å². The lowest BCUT2D eigenvalue weighted by molar-refractivity contribution is 0.187. The highest BCUT2D eigenvalue weighted by Crippen LogP contribution is 2.18. The number of H-pyrrole nitrogens is 1. The van der Waals surface area contributed by atoms with Gasteiger partial charge in [-0.15, -0.1) is 0 Å². The van der Waals surface area contributed by atoms with Gasteiger partial charge in [0.15, 0.2) is 5.96 Å². The van der Waals surface area contributed by atoms with E-state index in [1.165, 1.54) is 10.9 Å². The molecule has 1 aromatic heterocycles. The second-order valence-corrected chi connectivity index (χ2v) is 6.76. The first-order valence-electron chi connectivity index (χ1n) is 9.18.